The van der Waals surface area contributed by atoms with Gasteiger partial charge in [0.25, 0.3) is 0 Å². The Morgan fingerprint density at radius 1 is 1.29 bits per heavy atom. The average Bonchev–Trinajstić information content (AvgIpc) is 2.54. The number of nitrogens with one attached hydrogen (secondary N) is 1. The number of hydrogen-bond donors (Lipinski definition) is 2. The van der Waals surface area contributed by atoms with Gasteiger partial charge in [0.2, 0.25) is 11.8 Å². The van der Waals surface area contributed by atoms with Crippen molar-refractivity contribution in [2.45, 2.75) is 31.5 Å². The fraction of sp³-hybridized carbons (Fsp3) is 0.500. The van der Waals surface area contributed by atoms with E-state index in [1.165, 1.54) is 19.1 Å². The van der Waals surface area contributed by atoms with E-state index >= 15 is 0 Å². The first kappa shape index (κ1) is 18.3. The molecule has 0 saturated carbocycles. The van der Waals surface area contributed by atoms with Crippen molar-refractivity contribution in [2.75, 3.05) is 13.2 Å². The minimum absolute atomic E-state index is 0.0186. The van der Waals surface area contributed by atoms with Gasteiger partial charge in [-0.2, -0.15) is 13.2 Å². The van der Waals surface area contributed by atoms with Crippen molar-refractivity contribution in [3.05, 3.63) is 35.4 Å². The SMILES string of the molecule is CC(NC(=O)C1CCCOC1)(C(N)=O)c1cccc(C(F)(F)F)c1. The highest BCUT2D eigenvalue weighted by Gasteiger charge is 2.39. The largest absolute Gasteiger partial charge is 0.416 e. The van der Waals surface area contributed by atoms with Crippen LogP contribution < -0.4 is 11.1 Å². The number of ether oxygens (including phenoxy) is 1. The molecule has 2 atom stereocenters. The van der Waals surface area contributed by atoms with E-state index in [1.54, 1.807) is 0 Å². The monoisotopic (exact) mass is 344 g/mol. The summed E-state index contributed by atoms with van der Waals surface area (Å²) in [5.74, 6) is -1.86. The van der Waals surface area contributed by atoms with Crippen LogP contribution in [0.15, 0.2) is 24.3 Å². The molecule has 2 rings (SSSR count). The van der Waals surface area contributed by atoms with Crippen LogP contribution in [0.25, 0.3) is 0 Å². The number of alkyl halides is 3. The molecule has 2 unspecified atom stereocenters. The zero-order chi connectivity index (χ0) is 18.0. The summed E-state index contributed by atoms with van der Waals surface area (Å²) in [5.41, 5.74) is 2.70. The van der Waals surface area contributed by atoms with E-state index in [0.29, 0.717) is 19.4 Å². The van der Waals surface area contributed by atoms with E-state index in [-0.39, 0.29) is 12.2 Å². The van der Waals surface area contributed by atoms with Gasteiger partial charge in [0.05, 0.1) is 18.1 Å². The number of benzene rings is 1. The Labute approximate surface area is 137 Å². The fourth-order valence-electron chi connectivity index (χ4n) is 2.58. The van der Waals surface area contributed by atoms with Crippen LogP contribution in [0, 0.1) is 5.92 Å². The molecule has 1 fully saturated rings. The second-order valence-corrected chi connectivity index (χ2v) is 5.97. The molecule has 2 amide bonds. The number of hydrogen-bond acceptors (Lipinski definition) is 3. The van der Waals surface area contributed by atoms with Crippen LogP contribution in [0.1, 0.15) is 30.9 Å². The summed E-state index contributed by atoms with van der Waals surface area (Å²) < 4.78 is 43.9. The van der Waals surface area contributed by atoms with Crippen molar-refractivity contribution >= 4 is 11.8 Å². The van der Waals surface area contributed by atoms with E-state index in [9.17, 15) is 22.8 Å². The first-order valence-electron chi connectivity index (χ1n) is 7.52. The lowest BCUT2D eigenvalue weighted by Gasteiger charge is -2.31. The second kappa shape index (κ2) is 6.80. The maximum Gasteiger partial charge on any atom is 0.416 e. The Bertz CT molecular complexity index is 627. The summed E-state index contributed by atoms with van der Waals surface area (Å²) in [6.07, 6.45) is -3.27. The second-order valence-electron chi connectivity index (χ2n) is 5.97. The van der Waals surface area contributed by atoms with Crippen LogP contribution in [-0.2, 0) is 26.0 Å². The Morgan fingerprint density at radius 2 is 1.96 bits per heavy atom. The highest BCUT2D eigenvalue weighted by Crippen LogP contribution is 2.32. The van der Waals surface area contributed by atoms with Crippen LogP contribution in [0.3, 0.4) is 0 Å². The summed E-state index contributed by atoms with van der Waals surface area (Å²) in [7, 11) is 0. The fourth-order valence-corrected chi connectivity index (χ4v) is 2.58. The first-order valence-corrected chi connectivity index (χ1v) is 7.52. The number of halogens is 3. The van der Waals surface area contributed by atoms with Gasteiger partial charge >= 0.3 is 6.18 Å². The van der Waals surface area contributed by atoms with Crippen LogP contribution >= 0.6 is 0 Å². The highest BCUT2D eigenvalue weighted by atomic mass is 19.4. The summed E-state index contributed by atoms with van der Waals surface area (Å²) in [6, 6.07) is 4.22. The molecule has 1 aliphatic rings. The molecule has 1 aliphatic heterocycles. The van der Waals surface area contributed by atoms with Crippen molar-refractivity contribution in [3.63, 3.8) is 0 Å². The molecule has 0 bridgehead atoms. The van der Waals surface area contributed by atoms with Crippen molar-refractivity contribution in [1.29, 1.82) is 0 Å². The van der Waals surface area contributed by atoms with Gasteiger partial charge in [-0.15, -0.1) is 0 Å². The number of carbonyl (C=O) groups is 2. The average molecular weight is 344 g/mol. The Kier molecular flexibility index (Phi) is 5.17. The summed E-state index contributed by atoms with van der Waals surface area (Å²) in [5, 5.41) is 2.50. The molecule has 24 heavy (non-hydrogen) atoms. The van der Waals surface area contributed by atoms with Gasteiger partial charge in [0.1, 0.15) is 5.54 Å². The lowest BCUT2D eigenvalue weighted by Crippen LogP contribution is -2.55. The first-order chi connectivity index (χ1) is 11.1. The highest BCUT2D eigenvalue weighted by molar-refractivity contribution is 5.92. The van der Waals surface area contributed by atoms with Gasteiger partial charge in [-0.1, -0.05) is 12.1 Å². The molecule has 1 aromatic carbocycles. The lowest BCUT2D eigenvalue weighted by atomic mass is 9.88. The molecule has 0 spiro atoms. The third kappa shape index (κ3) is 3.87. The van der Waals surface area contributed by atoms with Gasteiger partial charge in [0, 0.05) is 6.61 Å². The lowest BCUT2D eigenvalue weighted by molar-refractivity contribution is -0.138. The zero-order valence-electron chi connectivity index (χ0n) is 13.2. The number of primary amides is 1. The van der Waals surface area contributed by atoms with Crippen LogP contribution in [0.5, 0.6) is 0 Å². The van der Waals surface area contributed by atoms with Crippen molar-refractivity contribution in [3.8, 4) is 0 Å². The Morgan fingerprint density at radius 3 is 2.50 bits per heavy atom. The maximum atomic E-state index is 12.9. The van der Waals surface area contributed by atoms with Crippen LogP contribution in [0.4, 0.5) is 13.2 Å². The van der Waals surface area contributed by atoms with Gasteiger partial charge in [-0.05, 0) is 37.5 Å². The van der Waals surface area contributed by atoms with Gasteiger partial charge in [-0.3, -0.25) is 9.59 Å². The smallest absolute Gasteiger partial charge is 0.381 e. The van der Waals surface area contributed by atoms with E-state index in [4.69, 9.17) is 10.5 Å². The minimum atomic E-state index is -4.56. The van der Waals surface area contributed by atoms with Crippen molar-refractivity contribution in [1.82, 2.24) is 5.32 Å². The molecule has 132 valence electrons. The predicted molar refractivity (Wildman–Crippen MR) is 79.7 cm³/mol. The molecule has 0 radical (unpaired) electrons. The molecule has 0 aromatic heterocycles. The van der Waals surface area contributed by atoms with Crippen LogP contribution in [-0.4, -0.2) is 25.0 Å². The molecule has 0 aliphatic carbocycles. The molecule has 3 N–H and O–H groups in total. The maximum absolute atomic E-state index is 12.9. The quantitative estimate of drug-likeness (QED) is 0.876. The number of amides is 2. The summed E-state index contributed by atoms with van der Waals surface area (Å²) in [4.78, 5) is 24.2. The Hall–Kier alpha value is -2.09. The molecular weight excluding hydrogens is 325 g/mol. The third-order valence-corrected chi connectivity index (χ3v) is 4.16. The van der Waals surface area contributed by atoms with Crippen molar-refractivity contribution in [2.24, 2.45) is 11.7 Å². The number of rotatable bonds is 4. The summed E-state index contributed by atoms with van der Waals surface area (Å²) >= 11 is 0. The molecule has 1 saturated heterocycles. The Balaban J connectivity index is 2.30. The van der Waals surface area contributed by atoms with Crippen LogP contribution in [0.2, 0.25) is 0 Å². The molecule has 8 heteroatoms. The van der Waals surface area contributed by atoms with E-state index in [0.717, 1.165) is 12.1 Å². The van der Waals surface area contributed by atoms with E-state index < -0.39 is 35.0 Å². The topological polar surface area (TPSA) is 81.4 Å². The number of carbonyl (C=O) groups excluding carboxylic acids is 2. The van der Waals surface area contributed by atoms with Crippen molar-refractivity contribution < 1.29 is 27.5 Å². The van der Waals surface area contributed by atoms with E-state index in [2.05, 4.69) is 5.32 Å². The molecule has 1 aromatic rings. The molecule has 5 nitrogen and oxygen atoms in total. The summed E-state index contributed by atoms with van der Waals surface area (Å²) in [6.45, 7) is 2.07. The normalized spacial score (nSPS) is 20.9. The third-order valence-electron chi connectivity index (χ3n) is 4.16. The molecular formula is C16H19F3N2O3. The van der Waals surface area contributed by atoms with Gasteiger partial charge in [-0.25, -0.2) is 0 Å². The number of nitrogens with two attached hydrogens (primary N) is 1. The molecule has 1 heterocycles. The minimum Gasteiger partial charge on any atom is -0.381 e. The zero-order valence-corrected chi connectivity index (χ0v) is 13.2. The van der Waals surface area contributed by atoms with E-state index in [1.807, 2.05) is 0 Å². The van der Waals surface area contributed by atoms with Gasteiger partial charge in [0.15, 0.2) is 0 Å². The predicted octanol–water partition coefficient (Wildman–Crippen LogP) is 1.95. The standard InChI is InChI=1S/C16H19F3N2O3/c1-15(14(20)23,21-13(22)10-4-3-7-24-9-10)11-5-2-6-12(8-11)16(17,18)19/h2,5-6,8,10H,3-4,7,9H2,1H3,(H2,20,23)(H,21,22). The van der Waals surface area contributed by atoms with Gasteiger partial charge < -0.3 is 15.8 Å².